The number of aromatic nitrogens is 1. The van der Waals surface area contributed by atoms with E-state index < -0.39 is 24.0 Å². The summed E-state index contributed by atoms with van der Waals surface area (Å²) in [6.45, 7) is 0.860. The number of pyridine rings is 1. The number of hydrogen-bond acceptors (Lipinski definition) is 4. The Morgan fingerprint density at radius 1 is 1.56 bits per heavy atom. The first-order valence-electron chi connectivity index (χ1n) is 5.03. The van der Waals surface area contributed by atoms with Crippen molar-refractivity contribution >= 4 is 11.9 Å². The van der Waals surface area contributed by atoms with Crippen molar-refractivity contribution in [3.05, 3.63) is 33.7 Å². The van der Waals surface area contributed by atoms with Gasteiger partial charge >= 0.3 is 5.97 Å². The van der Waals surface area contributed by atoms with E-state index in [0.29, 0.717) is 5.56 Å². The summed E-state index contributed by atoms with van der Waals surface area (Å²) in [5.41, 5.74) is 0.0341. The van der Waals surface area contributed by atoms with E-state index >= 15 is 0 Å². The van der Waals surface area contributed by atoms with Gasteiger partial charge in [-0.05, 0) is 18.6 Å². The first-order chi connectivity index (χ1) is 8.43. The number of carboxylic acid groups (broad SMARTS) is 1. The van der Waals surface area contributed by atoms with E-state index in [2.05, 4.69) is 5.32 Å². The lowest BCUT2D eigenvalue weighted by molar-refractivity contribution is -0.138. The number of aliphatic carboxylic acids is 1. The minimum Gasteiger partial charge on any atom is -0.480 e. The van der Waals surface area contributed by atoms with E-state index in [9.17, 15) is 14.4 Å². The highest BCUT2D eigenvalue weighted by Crippen LogP contribution is 1.97. The molecule has 1 amide bonds. The topological polar surface area (TPSA) is 112 Å². The summed E-state index contributed by atoms with van der Waals surface area (Å²) in [6, 6.07) is 3.17. The molecule has 1 heterocycles. The molecule has 1 aromatic rings. The lowest BCUT2D eigenvalue weighted by Gasteiger charge is -2.07. The van der Waals surface area contributed by atoms with Gasteiger partial charge in [-0.1, -0.05) is 0 Å². The third-order valence-corrected chi connectivity index (χ3v) is 2.09. The fourth-order valence-electron chi connectivity index (χ4n) is 1.37. The maximum Gasteiger partial charge on any atom is 0.322 e. The molecule has 18 heavy (non-hydrogen) atoms. The van der Waals surface area contributed by atoms with Crippen molar-refractivity contribution in [3.63, 3.8) is 0 Å². The van der Waals surface area contributed by atoms with Crippen molar-refractivity contribution in [2.75, 3.05) is 6.54 Å². The van der Waals surface area contributed by atoms with Gasteiger partial charge in [0.15, 0.2) is 0 Å². The average Bonchev–Trinajstić information content (AvgIpc) is 2.30. The van der Waals surface area contributed by atoms with E-state index in [1.165, 1.54) is 12.3 Å². The molecule has 0 radical (unpaired) electrons. The lowest BCUT2D eigenvalue weighted by Crippen LogP contribution is -2.35. The summed E-state index contributed by atoms with van der Waals surface area (Å²) in [5, 5.41) is 19.3. The average molecular weight is 249 g/mol. The monoisotopic (exact) mass is 249 g/mol. The molecule has 94 valence electrons. The normalized spacial score (nSPS) is 9.56. The van der Waals surface area contributed by atoms with E-state index in [1.54, 1.807) is 13.0 Å². The third-order valence-electron chi connectivity index (χ3n) is 2.09. The van der Waals surface area contributed by atoms with Gasteiger partial charge in [-0.3, -0.25) is 14.4 Å². The molecule has 2 N–H and O–H groups in total. The van der Waals surface area contributed by atoms with Gasteiger partial charge in [0.05, 0.1) is 0 Å². The molecule has 0 aliphatic carbocycles. The van der Waals surface area contributed by atoms with Crippen LogP contribution >= 0.6 is 0 Å². The highest BCUT2D eigenvalue weighted by Gasteiger charge is 2.09. The van der Waals surface area contributed by atoms with Gasteiger partial charge in [-0.25, -0.2) is 0 Å². The number of nitriles is 1. The molecule has 7 heteroatoms. The van der Waals surface area contributed by atoms with Crippen molar-refractivity contribution in [3.8, 4) is 6.07 Å². The van der Waals surface area contributed by atoms with Crippen LogP contribution in [0.3, 0.4) is 0 Å². The van der Waals surface area contributed by atoms with Crippen LogP contribution in [0.25, 0.3) is 0 Å². The van der Waals surface area contributed by atoms with Crippen LogP contribution < -0.4 is 10.9 Å². The number of hydrogen-bond donors (Lipinski definition) is 2. The summed E-state index contributed by atoms with van der Waals surface area (Å²) >= 11 is 0. The molecule has 0 aliphatic heterocycles. The predicted octanol–water partition coefficient (Wildman–Crippen LogP) is -0.771. The Bertz CT molecular complexity index is 583. The van der Waals surface area contributed by atoms with Gasteiger partial charge in [0.2, 0.25) is 5.91 Å². The van der Waals surface area contributed by atoms with Gasteiger partial charge in [0, 0.05) is 6.20 Å². The molecule has 0 aliphatic rings. The highest BCUT2D eigenvalue weighted by molar-refractivity contribution is 5.80. The Morgan fingerprint density at radius 2 is 2.22 bits per heavy atom. The van der Waals surface area contributed by atoms with E-state index in [1.807, 2.05) is 0 Å². The quantitative estimate of drug-likeness (QED) is 0.727. The second-order valence-corrected chi connectivity index (χ2v) is 3.65. The molecule has 1 rings (SSSR count). The molecule has 0 aromatic carbocycles. The smallest absolute Gasteiger partial charge is 0.322 e. The van der Waals surface area contributed by atoms with Gasteiger partial charge < -0.3 is 15.0 Å². The minimum atomic E-state index is -1.17. The van der Waals surface area contributed by atoms with Crippen molar-refractivity contribution in [2.24, 2.45) is 0 Å². The van der Waals surface area contributed by atoms with E-state index in [-0.39, 0.29) is 12.1 Å². The molecule has 0 bridgehead atoms. The fourth-order valence-corrected chi connectivity index (χ4v) is 1.37. The van der Waals surface area contributed by atoms with Crippen molar-refractivity contribution < 1.29 is 14.7 Å². The number of amides is 1. The van der Waals surface area contributed by atoms with Crippen LogP contribution in [0.2, 0.25) is 0 Å². The molecule has 0 unspecified atom stereocenters. The maximum absolute atomic E-state index is 11.7. The third kappa shape index (κ3) is 3.45. The van der Waals surface area contributed by atoms with E-state index in [4.69, 9.17) is 10.4 Å². The van der Waals surface area contributed by atoms with Gasteiger partial charge in [0.25, 0.3) is 5.56 Å². The van der Waals surface area contributed by atoms with Crippen LogP contribution in [-0.4, -0.2) is 28.1 Å². The van der Waals surface area contributed by atoms with Gasteiger partial charge in [0.1, 0.15) is 24.7 Å². The van der Waals surface area contributed by atoms with Crippen molar-refractivity contribution in [1.29, 1.82) is 5.26 Å². The van der Waals surface area contributed by atoms with Crippen LogP contribution in [0, 0.1) is 18.3 Å². The summed E-state index contributed by atoms with van der Waals surface area (Å²) in [6.07, 6.45) is 1.43. The molecular weight excluding hydrogens is 238 g/mol. The highest BCUT2D eigenvalue weighted by atomic mass is 16.4. The zero-order chi connectivity index (χ0) is 13.7. The molecule has 7 nitrogen and oxygen atoms in total. The molecule has 0 fully saturated rings. The Labute approximate surface area is 102 Å². The summed E-state index contributed by atoms with van der Waals surface area (Å²) < 4.78 is 1.07. The van der Waals surface area contributed by atoms with Gasteiger partial charge in [-0.2, -0.15) is 5.26 Å². The Kier molecular flexibility index (Phi) is 4.21. The van der Waals surface area contributed by atoms with E-state index in [0.717, 1.165) is 4.57 Å². The second kappa shape index (κ2) is 5.63. The lowest BCUT2D eigenvalue weighted by atomic mass is 10.2. The molecular formula is C11H11N3O4. The largest absolute Gasteiger partial charge is 0.480 e. The maximum atomic E-state index is 11.7. The first kappa shape index (κ1) is 13.4. The summed E-state index contributed by atoms with van der Waals surface area (Å²) in [4.78, 5) is 33.3. The summed E-state index contributed by atoms with van der Waals surface area (Å²) in [5.74, 6) is -1.77. The number of carbonyl (C=O) groups excluding carboxylic acids is 1. The van der Waals surface area contributed by atoms with Crippen LogP contribution in [-0.2, 0) is 16.1 Å². The fraction of sp³-hybridized carbons (Fsp3) is 0.273. The Hall–Kier alpha value is -2.62. The number of aryl methyl sites for hydroxylation is 1. The second-order valence-electron chi connectivity index (χ2n) is 3.65. The van der Waals surface area contributed by atoms with Crippen molar-refractivity contribution in [2.45, 2.75) is 13.5 Å². The standard InChI is InChI=1S/C11H11N3O4/c1-7-2-8(3-12)11(18)14(5-7)6-9(15)13-4-10(16)17/h2,5H,4,6H2,1H3,(H,13,15)(H,16,17). The number of nitrogens with one attached hydrogen (secondary N) is 1. The van der Waals surface area contributed by atoms with Gasteiger partial charge in [-0.15, -0.1) is 0 Å². The predicted molar refractivity (Wildman–Crippen MR) is 60.8 cm³/mol. The molecule has 0 atom stereocenters. The number of carbonyl (C=O) groups is 2. The van der Waals surface area contributed by atoms with Crippen LogP contribution in [0.4, 0.5) is 0 Å². The molecule has 1 aromatic heterocycles. The van der Waals surface area contributed by atoms with Crippen LogP contribution in [0.5, 0.6) is 0 Å². The van der Waals surface area contributed by atoms with Crippen LogP contribution in [0.15, 0.2) is 17.1 Å². The molecule has 0 saturated carbocycles. The molecule has 0 saturated heterocycles. The number of carboxylic acids is 1. The SMILES string of the molecule is Cc1cc(C#N)c(=O)n(CC(=O)NCC(=O)O)c1. The Balaban J connectivity index is 2.89. The minimum absolute atomic E-state index is 0.0546. The Morgan fingerprint density at radius 3 is 2.78 bits per heavy atom. The first-order valence-corrected chi connectivity index (χ1v) is 5.03. The van der Waals surface area contributed by atoms with Crippen LogP contribution in [0.1, 0.15) is 11.1 Å². The van der Waals surface area contributed by atoms with Crippen molar-refractivity contribution in [1.82, 2.24) is 9.88 Å². The summed E-state index contributed by atoms with van der Waals surface area (Å²) in [7, 11) is 0. The zero-order valence-corrected chi connectivity index (χ0v) is 9.64. The molecule has 0 spiro atoms. The number of rotatable bonds is 4. The number of nitrogens with zero attached hydrogens (tertiary/aromatic N) is 2. The zero-order valence-electron chi connectivity index (χ0n) is 9.64.